The normalized spacial score (nSPS) is 12.6. The molecule has 0 amide bonds. The van der Waals surface area contributed by atoms with Crippen LogP contribution in [0.25, 0.3) is 0 Å². The minimum atomic E-state index is 0.207. The maximum Gasteiger partial charge on any atom is 0.0620 e. The summed E-state index contributed by atoms with van der Waals surface area (Å²) in [5, 5.41) is 12.0. The van der Waals surface area contributed by atoms with Gasteiger partial charge in [0.1, 0.15) is 0 Å². The third-order valence-electron chi connectivity index (χ3n) is 2.80. The SMILES string of the molecule is CNC(CCO)COCCCc1ccccc1. The minimum absolute atomic E-state index is 0.207. The highest BCUT2D eigenvalue weighted by Gasteiger charge is 2.04. The maximum absolute atomic E-state index is 8.82. The molecule has 0 aliphatic heterocycles. The molecule has 96 valence electrons. The summed E-state index contributed by atoms with van der Waals surface area (Å²) < 4.78 is 5.59. The van der Waals surface area contributed by atoms with Crippen molar-refractivity contribution in [3.63, 3.8) is 0 Å². The number of benzene rings is 1. The Hall–Kier alpha value is -0.900. The molecule has 1 aromatic carbocycles. The van der Waals surface area contributed by atoms with Crippen LogP contribution >= 0.6 is 0 Å². The Morgan fingerprint density at radius 2 is 2.06 bits per heavy atom. The minimum Gasteiger partial charge on any atom is -0.396 e. The van der Waals surface area contributed by atoms with Crippen LogP contribution in [-0.2, 0) is 11.2 Å². The molecule has 0 fully saturated rings. The van der Waals surface area contributed by atoms with Crippen molar-refractivity contribution in [1.82, 2.24) is 5.32 Å². The number of aryl methyl sites for hydroxylation is 1. The predicted octanol–water partition coefficient (Wildman–Crippen LogP) is 1.61. The van der Waals surface area contributed by atoms with Crippen molar-refractivity contribution in [1.29, 1.82) is 0 Å². The molecule has 0 saturated heterocycles. The number of aliphatic hydroxyl groups excluding tert-OH is 1. The molecular formula is C14H23NO2. The summed E-state index contributed by atoms with van der Waals surface area (Å²) in [5.74, 6) is 0. The van der Waals surface area contributed by atoms with Gasteiger partial charge in [0.2, 0.25) is 0 Å². The Balaban J connectivity index is 2.04. The van der Waals surface area contributed by atoms with Crippen LogP contribution in [0.2, 0.25) is 0 Å². The molecule has 0 heterocycles. The van der Waals surface area contributed by atoms with E-state index in [1.807, 2.05) is 13.1 Å². The van der Waals surface area contributed by atoms with Crippen LogP contribution in [-0.4, -0.2) is 38.0 Å². The first-order valence-corrected chi connectivity index (χ1v) is 6.26. The summed E-state index contributed by atoms with van der Waals surface area (Å²) in [5.41, 5.74) is 1.36. The molecule has 3 heteroatoms. The summed E-state index contributed by atoms with van der Waals surface area (Å²) in [6.45, 7) is 1.66. The molecule has 0 radical (unpaired) electrons. The highest BCUT2D eigenvalue weighted by atomic mass is 16.5. The molecule has 1 unspecified atom stereocenters. The second-order valence-electron chi connectivity index (χ2n) is 4.16. The topological polar surface area (TPSA) is 41.5 Å². The Bertz CT molecular complexity index is 277. The fourth-order valence-electron chi connectivity index (χ4n) is 1.72. The number of hydrogen-bond donors (Lipinski definition) is 2. The van der Waals surface area contributed by atoms with E-state index in [1.54, 1.807) is 0 Å². The summed E-state index contributed by atoms with van der Waals surface area (Å²) >= 11 is 0. The first-order chi connectivity index (χ1) is 8.36. The van der Waals surface area contributed by atoms with E-state index in [0.717, 1.165) is 25.9 Å². The highest BCUT2D eigenvalue weighted by Crippen LogP contribution is 2.02. The number of likely N-dealkylation sites (N-methyl/N-ethyl adjacent to an activating group) is 1. The Morgan fingerprint density at radius 3 is 2.71 bits per heavy atom. The second-order valence-corrected chi connectivity index (χ2v) is 4.16. The van der Waals surface area contributed by atoms with Gasteiger partial charge in [-0.15, -0.1) is 0 Å². The van der Waals surface area contributed by atoms with E-state index in [1.165, 1.54) is 5.56 Å². The average molecular weight is 237 g/mol. The Morgan fingerprint density at radius 1 is 1.29 bits per heavy atom. The fraction of sp³-hybridized carbons (Fsp3) is 0.571. The van der Waals surface area contributed by atoms with Crippen LogP contribution in [0.1, 0.15) is 18.4 Å². The first kappa shape index (κ1) is 14.2. The van der Waals surface area contributed by atoms with E-state index < -0.39 is 0 Å². The van der Waals surface area contributed by atoms with Crippen LogP contribution in [0.4, 0.5) is 0 Å². The molecule has 1 atom stereocenters. The zero-order valence-corrected chi connectivity index (χ0v) is 10.6. The van der Waals surface area contributed by atoms with Gasteiger partial charge < -0.3 is 15.2 Å². The molecule has 0 saturated carbocycles. The molecule has 0 aromatic heterocycles. The van der Waals surface area contributed by atoms with E-state index in [4.69, 9.17) is 9.84 Å². The van der Waals surface area contributed by atoms with Gasteiger partial charge in [0.25, 0.3) is 0 Å². The zero-order chi connectivity index (χ0) is 12.3. The summed E-state index contributed by atoms with van der Waals surface area (Å²) in [7, 11) is 1.90. The van der Waals surface area contributed by atoms with Crippen molar-refractivity contribution in [2.45, 2.75) is 25.3 Å². The van der Waals surface area contributed by atoms with E-state index in [-0.39, 0.29) is 12.6 Å². The van der Waals surface area contributed by atoms with Gasteiger partial charge in [0, 0.05) is 19.3 Å². The quantitative estimate of drug-likeness (QED) is 0.641. The first-order valence-electron chi connectivity index (χ1n) is 6.26. The summed E-state index contributed by atoms with van der Waals surface area (Å²) in [6.07, 6.45) is 2.85. The second kappa shape index (κ2) is 9.16. The smallest absolute Gasteiger partial charge is 0.0620 e. The standard InChI is InChI=1S/C14H23NO2/c1-15-14(9-10-16)12-17-11-5-8-13-6-3-2-4-7-13/h2-4,6-7,14-16H,5,8-12H2,1H3. The molecule has 17 heavy (non-hydrogen) atoms. The molecule has 0 spiro atoms. The molecule has 2 N–H and O–H groups in total. The van der Waals surface area contributed by atoms with Gasteiger partial charge in [0.05, 0.1) is 6.61 Å². The zero-order valence-electron chi connectivity index (χ0n) is 10.6. The van der Waals surface area contributed by atoms with Gasteiger partial charge in [-0.2, -0.15) is 0 Å². The lowest BCUT2D eigenvalue weighted by Gasteiger charge is -2.14. The van der Waals surface area contributed by atoms with Crippen molar-refractivity contribution in [2.75, 3.05) is 26.9 Å². The van der Waals surface area contributed by atoms with Crippen LogP contribution in [0.15, 0.2) is 30.3 Å². The fourth-order valence-corrected chi connectivity index (χ4v) is 1.72. The van der Waals surface area contributed by atoms with Crippen LogP contribution in [0.3, 0.4) is 0 Å². The van der Waals surface area contributed by atoms with Crippen molar-refractivity contribution < 1.29 is 9.84 Å². The van der Waals surface area contributed by atoms with Gasteiger partial charge in [-0.3, -0.25) is 0 Å². The largest absolute Gasteiger partial charge is 0.396 e. The maximum atomic E-state index is 8.82. The van der Waals surface area contributed by atoms with Gasteiger partial charge in [-0.05, 0) is 31.9 Å². The summed E-state index contributed by atoms with van der Waals surface area (Å²) in [6, 6.07) is 10.7. The highest BCUT2D eigenvalue weighted by molar-refractivity contribution is 5.14. The van der Waals surface area contributed by atoms with Gasteiger partial charge in [-0.25, -0.2) is 0 Å². The van der Waals surface area contributed by atoms with Crippen molar-refractivity contribution in [3.8, 4) is 0 Å². The molecule has 3 nitrogen and oxygen atoms in total. The van der Waals surface area contributed by atoms with Crippen molar-refractivity contribution >= 4 is 0 Å². The Labute approximate surface area is 104 Å². The number of nitrogens with one attached hydrogen (secondary N) is 1. The number of ether oxygens (including phenoxy) is 1. The lowest BCUT2D eigenvalue weighted by molar-refractivity contribution is 0.102. The molecule has 1 aromatic rings. The molecule has 0 aliphatic rings. The van der Waals surface area contributed by atoms with E-state index in [0.29, 0.717) is 6.61 Å². The van der Waals surface area contributed by atoms with Crippen LogP contribution in [0, 0.1) is 0 Å². The van der Waals surface area contributed by atoms with Gasteiger partial charge >= 0.3 is 0 Å². The third kappa shape index (κ3) is 6.41. The van der Waals surface area contributed by atoms with Crippen LogP contribution in [0.5, 0.6) is 0 Å². The van der Waals surface area contributed by atoms with Crippen molar-refractivity contribution in [3.05, 3.63) is 35.9 Å². The molecular weight excluding hydrogens is 214 g/mol. The Kier molecular flexibility index (Phi) is 7.63. The van der Waals surface area contributed by atoms with Crippen LogP contribution < -0.4 is 5.32 Å². The predicted molar refractivity (Wildman–Crippen MR) is 70.1 cm³/mol. The molecule has 0 bridgehead atoms. The number of aliphatic hydroxyl groups is 1. The average Bonchev–Trinajstić information content (AvgIpc) is 2.38. The third-order valence-corrected chi connectivity index (χ3v) is 2.80. The monoisotopic (exact) mass is 237 g/mol. The number of rotatable bonds is 9. The van der Waals surface area contributed by atoms with Crippen molar-refractivity contribution in [2.24, 2.45) is 0 Å². The number of hydrogen-bond acceptors (Lipinski definition) is 3. The summed E-state index contributed by atoms with van der Waals surface area (Å²) in [4.78, 5) is 0. The molecule has 0 aliphatic carbocycles. The van der Waals surface area contributed by atoms with E-state index >= 15 is 0 Å². The van der Waals surface area contributed by atoms with Gasteiger partial charge in [-0.1, -0.05) is 30.3 Å². The van der Waals surface area contributed by atoms with Gasteiger partial charge in [0.15, 0.2) is 0 Å². The van der Waals surface area contributed by atoms with E-state index in [9.17, 15) is 0 Å². The lowest BCUT2D eigenvalue weighted by atomic mass is 10.1. The lowest BCUT2D eigenvalue weighted by Crippen LogP contribution is -2.31. The molecule has 1 rings (SSSR count). The van der Waals surface area contributed by atoms with E-state index in [2.05, 4.69) is 29.6 Å².